The molecule has 1 unspecified atom stereocenters. The highest BCUT2D eigenvalue weighted by Crippen LogP contribution is 2.17. The summed E-state index contributed by atoms with van der Waals surface area (Å²) in [6.07, 6.45) is -0.671. The van der Waals surface area contributed by atoms with Gasteiger partial charge < -0.3 is 25.7 Å². The normalized spacial score (nSPS) is 21.4. The molecule has 0 aromatic carbocycles. The second-order valence-electron chi connectivity index (χ2n) is 5.58. The molecule has 8 heteroatoms. The van der Waals surface area contributed by atoms with Gasteiger partial charge in [-0.15, -0.1) is 0 Å². The number of hydrogen-bond acceptors (Lipinski definition) is 4. The number of rotatable bonds is 6. The average molecular weight is 301 g/mol. The van der Waals surface area contributed by atoms with Crippen LogP contribution in [0.3, 0.4) is 0 Å². The van der Waals surface area contributed by atoms with Crippen molar-refractivity contribution in [1.29, 1.82) is 0 Å². The Bertz CT molecular complexity index is 399. The van der Waals surface area contributed by atoms with Crippen molar-refractivity contribution >= 4 is 17.9 Å². The monoisotopic (exact) mass is 301 g/mol. The number of nitrogens with one attached hydrogen (secondary N) is 2. The topological polar surface area (TPSA) is 119 Å². The van der Waals surface area contributed by atoms with Gasteiger partial charge in [-0.2, -0.15) is 0 Å². The number of hydrogen-bond donors (Lipinski definition) is 4. The van der Waals surface area contributed by atoms with E-state index < -0.39 is 24.1 Å². The van der Waals surface area contributed by atoms with Crippen LogP contribution in [0.25, 0.3) is 0 Å². The van der Waals surface area contributed by atoms with E-state index in [1.807, 2.05) is 13.8 Å². The lowest BCUT2D eigenvalue weighted by Crippen LogP contribution is -2.46. The van der Waals surface area contributed by atoms with Crippen molar-refractivity contribution in [2.24, 2.45) is 5.92 Å². The number of aliphatic hydroxyl groups is 1. The van der Waals surface area contributed by atoms with E-state index in [1.54, 1.807) is 0 Å². The van der Waals surface area contributed by atoms with E-state index in [4.69, 9.17) is 5.11 Å². The van der Waals surface area contributed by atoms with E-state index in [-0.39, 0.29) is 31.8 Å². The first-order chi connectivity index (χ1) is 9.81. The first kappa shape index (κ1) is 17.2. The highest BCUT2D eigenvalue weighted by Gasteiger charge is 2.38. The fraction of sp³-hybridized carbons (Fsp3) is 0.769. The molecule has 1 aliphatic heterocycles. The van der Waals surface area contributed by atoms with Gasteiger partial charge in [-0.05, 0) is 5.92 Å². The number of carboxylic acid groups (broad SMARTS) is 1. The molecule has 0 bridgehead atoms. The molecule has 0 saturated carbocycles. The molecule has 0 aromatic heterocycles. The van der Waals surface area contributed by atoms with Crippen LogP contribution >= 0.6 is 0 Å². The average Bonchev–Trinajstić information content (AvgIpc) is 2.78. The van der Waals surface area contributed by atoms with E-state index in [0.29, 0.717) is 12.5 Å². The van der Waals surface area contributed by atoms with E-state index >= 15 is 0 Å². The van der Waals surface area contributed by atoms with E-state index in [9.17, 15) is 19.5 Å². The SMILES string of the molecule is CC(C)CNC(=O)CCNC(=O)N1CC(O)C[C@H]1C(=O)O. The van der Waals surface area contributed by atoms with Crippen LogP contribution in [0.2, 0.25) is 0 Å². The highest BCUT2D eigenvalue weighted by atomic mass is 16.4. The molecule has 0 spiro atoms. The maximum atomic E-state index is 11.9. The zero-order valence-corrected chi connectivity index (χ0v) is 12.3. The van der Waals surface area contributed by atoms with Crippen molar-refractivity contribution in [2.45, 2.75) is 38.8 Å². The molecule has 1 rings (SSSR count). The zero-order chi connectivity index (χ0) is 16.0. The largest absolute Gasteiger partial charge is 0.480 e. The first-order valence-electron chi connectivity index (χ1n) is 7.03. The zero-order valence-electron chi connectivity index (χ0n) is 12.3. The van der Waals surface area contributed by atoms with Crippen LogP contribution in [0.5, 0.6) is 0 Å². The molecule has 4 N–H and O–H groups in total. The summed E-state index contributed by atoms with van der Waals surface area (Å²) in [6, 6.07) is -1.59. The van der Waals surface area contributed by atoms with Crippen LogP contribution < -0.4 is 10.6 Å². The molecule has 0 aromatic rings. The fourth-order valence-electron chi connectivity index (χ4n) is 2.06. The number of carboxylic acids is 1. The molecule has 0 aliphatic carbocycles. The summed E-state index contributed by atoms with van der Waals surface area (Å²) < 4.78 is 0. The van der Waals surface area contributed by atoms with Crippen molar-refractivity contribution in [3.05, 3.63) is 0 Å². The summed E-state index contributed by atoms with van der Waals surface area (Å²) >= 11 is 0. The summed E-state index contributed by atoms with van der Waals surface area (Å²) in [5, 5.41) is 23.7. The first-order valence-corrected chi connectivity index (χ1v) is 7.03. The van der Waals surface area contributed by atoms with Gasteiger partial charge in [0.05, 0.1) is 6.10 Å². The van der Waals surface area contributed by atoms with Gasteiger partial charge in [0.1, 0.15) is 6.04 Å². The molecule has 1 saturated heterocycles. The minimum Gasteiger partial charge on any atom is -0.480 e. The van der Waals surface area contributed by atoms with Gasteiger partial charge in [-0.25, -0.2) is 9.59 Å². The van der Waals surface area contributed by atoms with Crippen LogP contribution in [-0.2, 0) is 9.59 Å². The van der Waals surface area contributed by atoms with Gasteiger partial charge in [-0.1, -0.05) is 13.8 Å². The Balaban J connectivity index is 2.33. The molecule has 0 radical (unpaired) electrons. The number of nitrogens with zero attached hydrogens (tertiary/aromatic N) is 1. The Kier molecular flexibility index (Phi) is 6.41. The Labute approximate surface area is 123 Å². The standard InChI is InChI=1S/C13H23N3O5/c1-8(2)6-15-11(18)3-4-14-13(21)16-7-9(17)5-10(16)12(19)20/h8-10,17H,3-7H2,1-2H3,(H,14,21)(H,15,18)(H,19,20)/t9?,10-/m0/s1. The molecular weight excluding hydrogens is 278 g/mol. The number of urea groups is 1. The lowest BCUT2D eigenvalue weighted by molar-refractivity contribution is -0.141. The minimum atomic E-state index is -1.14. The molecule has 1 aliphatic rings. The Morgan fingerprint density at radius 1 is 1.29 bits per heavy atom. The van der Waals surface area contributed by atoms with Gasteiger partial charge >= 0.3 is 12.0 Å². The van der Waals surface area contributed by atoms with E-state index in [1.165, 1.54) is 0 Å². The third kappa shape index (κ3) is 5.58. The quantitative estimate of drug-likeness (QED) is 0.521. The van der Waals surface area contributed by atoms with Crippen molar-refractivity contribution < 1.29 is 24.6 Å². The number of aliphatic carboxylic acids is 1. The summed E-state index contributed by atoms with van der Waals surface area (Å²) in [4.78, 5) is 35.4. The Hall–Kier alpha value is -1.83. The summed E-state index contributed by atoms with van der Waals surface area (Å²) in [5.41, 5.74) is 0. The van der Waals surface area contributed by atoms with Crippen LogP contribution in [0.15, 0.2) is 0 Å². The van der Waals surface area contributed by atoms with E-state index in [2.05, 4.69) is 10.6 Å². The van der Waals surface area contributed by atoms with Crippen LogP contribution in [0, 0.1) is 5.92 Å². The van der Waals surface area contributed by atoms with Crippen LogP contribution in [-0.4, -0.2) is 64.8 Å². The second kappa shape index (κ2) is 7.82. The second-order valence-corrected chi connectivity index (χ2v) is 5.58. The molecule has 1 fully saturated rings. The van der Waals surface area contributed by atoms with Gasteiger partial charge in [0.2, 0.25) is 5.91 Å². The molecule has 120 valence electrons. The molecular formula is C13H23N3O5. The summed E-state index contributed by atoms with van der Waals surface area (Å²) in [7, 11) is 0. The summed E-state index contributed by atoms with van der Waals surface area (Å²) in [5.74, 6) is -0.956. The highest BCUT2D eigenvalue weighted by molar-refractivity contribution is 5.84. The van der Waals surface area contributed by atoms with Gasteiger partial charge in [0.15, 0.2) is 0 Å². The lowest BCUT2D eigenvalue weighted by Gasteiger charge is -2.21. The van der Waals surface area contributed by atoms with Crippen LogP contribution in [0.1, 0.15) is 26.7 Å². The summed E-state index contributed by atoms with van der Waals surface area (Å²) in [6.45, 7) is 4.65. The third-order valence-electron chi connectivity index (χ3n) is 3.16. The molecule has 1 heterocycles. The number of likely N-dealkylation sites (tertiary alicyclic amines) is 1. The fourth-order valence-corrected chi connectivity index (χ4v) is 2.06. The van der Waals surface area contributed by atoms with Crippen molar-refractivity contribution in [3.63, 3.8) is 0 Å². The van der Waals surface area contributed by atoms with E-state index in [0.717, 1.165) is 4.90 Å². The van der Waals surface area contributed by atoms with Crippen LogP contribution in [0.4, 0.5) is 4.79 Å². The number of aliphatic hydroxyl groups excluding tert-OH is 1. The smallest absolute Gasteiger partial charge is 0.326 e. The van der Waals surface area contributed by atoms with Gasteiger partial charge in [0.25, 0.3) is 0 Å². The predicted molar refractivity (Wildman–Crippen MR) is 74.6 cm³/mol. The van der Waals surface area contributed by atoms with Crippen molar-refractivity contribution in [2.75, 3.05) is 19.6 Å². The number of carbonyl (C=O) groups excluding carboxylic acids is 2. The Morgan fingerprint density at radius 3 is 2.52 bits per heavy atom. The van der Waals surface area contributed by atoms with Crippen molar-refractivity contribution in [1.82, 2.24) is 15.5 Å². The van der Waals surface area contributed by atoms with Gasteiger partial charge in [0, 0.05) is 32.5 Å². The number of amides is 3. The predicted octanol–water partition coefficient (Wildman–Crippen LogP) is -0.622. The third-order valence-corrected chi connectivity index (χ3v) is 3.16. The maximum Gasteiger partial charge on any atom is 0.326 e. The molecule has 8 nitrogen and oxygen atoms in total. The molecule has 3 amide bonds. The Morgan fingerprint density at radius 2 is 1.95 bits per heavy atom. The number of β-amino-alcohol motifs (C(OH)–C–C–N with tert-alkyl or cyclic N) is 1. The number of carbonyl (C=O) groups is 3. The van der Waals surface area contributed by atoms with Crippen molar-refractivity contribution in [3.8, 4) is 0 Å². The maximum absolute atomic E-state index is 11.9. The lowest BCUT2D eigenvalue weighted by atomic mass is 10.2. The minimum absolute atomic E-state index is 0.0116. The van der Waals surface area contributed by atoms with Gasteiger partial charge in [-0.3, -0.25) is 4.79 Å². The molecule has 21 heavy (non-hydrogen) atoms. The molecule has 2 atom stereocenters.